The molecule has 1 aromatic heterocycles. The fourth-order valence-corrected chi connectivity index (χ4v) is 5.94. The number of rotatable bonds is 8. The lowest BCUT2D eigenvalue weighted by molar-refractivity contribution is -0.139. The summed E-state index contributed by atoms with van der Waals surface area (Å²) in [6, 6.07) is 11.8. The van der Waals surface area contributed by atoms with E-state index in [1.165, 1.54) is 0 Å². The van der Waals surface area contributed by atoms with Crippen molar-refractivity contribution >= 4 is 48.2 Å². The summed E-state index contributed by atoms with van der Waals surface area (Å²) >= 11 is 6.26. The van der Waals surface area contributed by atoms with Gasteiger partial charge in [-0.1, -0.05) is 36.2 Å². The second-order valence-corrected chi connectivity index (χ2v) is 10.9. The van der Waals surface area contributed by atoms with Crippen LogP contribution in [0.5, 0.6) is 0 Å². The standard InChI is InChI=1S/C28H35ClN4O2.2ClH/c29-24-8-2-7-23(18-24)25(31-26(34)22-5-1-6-22)9-14-32-15-10-28(11-16-32)12-17-33(27(28)35)20-21-4-3-13-30-19-21;;/h2-4,7-8,13,18-19,22,25H,1,5-6,9-12,14-17,20H2,(H,31,34);2*1H. The molecule has 5 rings (SSSR count). The topological polar surface area (TPSA) is 65.5 Å². The minimum Gasteiger partial charge on any atom is -0.349 e. The van der Waals surface area contributed by atoms with Gasteiger partial charge < -0.3 is 15.1 Å². The number of hydrogen-bond acceptors (Lipinski definition) is 4. The number of carbonyl (C=O) groups is 2. The Bertz CT molecular complexity index is 1040. The first kappa shape index (κ1) is 29.7. The molecule has 3 aliphatic rings. The second-order valence-electron chi connectivity index (χ2n) is 10.5. The van der Waals surface area contributed by atoms with Crippen LogP contribution < -0.4 is 5.32 Å². The monoisotopic (exact) mass is 566 g/mol. The van der Waals surface area contributed by atoms with E-state index in [9.17, 15) is 9.59 Å². The first-order valence-corrected chi connectivity index (χ1v) is 13.4. The van der Waals surface area contributed by atoms with Crippen LogP contribution in [0.25, 0.3) is 0 Å². The van der Waals surface area contributed by atoms with Gasteiger partial charge in [0.05, 0.1) is 11.5 Å². The third-order valence-corrected chi connectivity index (χ3v) is 8.52. The summed E-state index contributed by atoms with van der Waals surface area (Å²) in [6.07, 6.45) is 10.4. The van der Waals surface area contributed by atoms with Gasteiger partial charge >= 0.3 is 0 Å². The van der Waals surface area contributed by atoms with Crippen LogP contribution in [0.1, 0.15) is 62.1 Å². The van der Waals surface area contributed by atoms with Crippen molar-refractivity contribution in [1.82, 2.24) is 20.1 Å². The molecular weight excluding hydrogens is 531 g/mol. The summed E-state index contributed by atoms with van der Waals surface area (Å²) in [4.78, 5) is 34.7. The highest BCUT2D eigenvalue weighted by atomic mass is 35.5. The van der Waals surface area contributed by atoms with E-state index < -0.39 is 0 Å². The maximum atomic E-state index is 13.3. The van der Waals surface area contributed by atoms with Crippen molar-refractivity contribution in [3.8, 4) is 0 Å². The number of benzene rings is 1. The molecule has 2 saturated heterocycles. The Morgan fingerprint density at radius 1 is 1.11 bits per heavy atom. The van der Waals surface area contributed by atoms with Crippen molar-refractivity contribution in [1.29, 1.82) is 0 Å². The van der Waals surface area contributed by atoms with E-state index >= 15 is 0 Å². The molecule has 202 valence electrons. The van der Waals surface area contributed by atoms with Gasteiger partial charge in [0.15, 0.2) is 0 Å². The molecule has 0 radical (unpaired) electrons. The largest absolute Gasteiger partial charge is 0.349 e. The maximum absolute atomic E-state index is 13.3. The molecule has 3 heterocycles. The zero-order valence-electron chi connectivity index (χ0n) is 21.1. The zero-order valence-corrected chi connectivity index (χ0v) is 23.5. The van der Waals surface area contributed by atoms with Gasteiger partial charge in [0.1, 0.15) is 0 Å². The van der Waals surface area contributed by atoms with E-state index in [0.29, 0.717) is 17.5 Å². The Labute approximate surface area is 237 Å². The van der Waals surface area contributed by atoms with Gasteiger partial charge in [0, 0.05) is 43.0 Å². The molecule has 1 atom stereocenters. The van der Waals surface area contributed by atoms with Gasteiger partial charge in [-0.25, -0.2) is 0 Å². The van der Waals surface area contributed by atoms with Gasteiger partial charge in [0.25, 0.3) is 0 Å². The van der Waals surface area contributed by atoms with Crippen molar-refractivity contribution in [2.45, 2.75) is 57.5 Å². The summed E-state index contributed by atoms with van der Waals surface area (Å²) in [5.41, 5.74) is 1.95. The predicted molar refractivity (Wildman–Crippen MR) is 151 cm³/mol. The van der Waals surface area contributed by atoms with Crippen LogP contribution in [0.15, 0.2) is 48.8 Å². The number of pyridine rings is 1. The third kappa shape index (κ3) is 6.97. The Morgan fingerprint density at radius 3 is 2.51 bits per heavy atom. The number of piperidine rings is 1. The molecule has 9 heteroatoms. The van der Waals surface area contributed by atoms with Gasteiger partial charge in [-0.15, -0.1) is 24.8 Å². The van der Waals surface area contributed by atoms with Gasteiger partial charge in [-0.05, 0) is 80.9 Å². The minimum atomic E-state index is -0.205. The average molecular weight is 568 g/mol. The van der Waals surface area contributed by atoms with Crippen molar-refractivity contribution in [2.75, 3.05) is 26.2 Å². The summed E-state index contributed by atoms with van der Waals surface area (Å²) < 4.78 is 0. The van der Waals surface area contributed by atoms with E-state index in [0.717, 1.165) is 82.3 Å². The SMILES string of the molecule is Cl.Cl.O=C(NC(CCN1CCC2(CC1)CCN(Cc1cccnc1)C2=O)c1cccc(Cl)c1)C1CCC1. The van der Waals surface area contributed by atoms with Crippen LogP contribution in [-0.2, 0) is 16.1 Å². The van der Waals surface area contributed by atoms with E-state index in [-0.39, 0.29) is 48.1 Å². The Morgan fingerprint density at radius 2 is 1.86 bits per heavy atom. The molecule has 1 aromatic carbocycles. The van der Waals surface area contributed by atoms with E-state index in [2.05, 4.69) is 21.3 Å². The molecule has 1 aliphatic carbocycles. The van der Waals surface area contributed by atoms with Crippen molar-refractivity contribution in [3.63, 3.8) is 0 Å². The number of likely N-dealkylation sites (tertiary alicyclic amines) is 2. The van der Waals surface area contributed by atoms with E-state index in [1.807, 2.05) is 41.4 Å². The molecule has 0 bridgehead atoms. The van der Waals surface area contributed by atoms with E-state index in [1.54, 1.807) is 6.20 Å². The molecule has 1 N–H and O–H groups in total. The number of aromatic nitrogens is 1. The molecule has 3 fully saturated rings. The summed E-state index contributed by atoms with van der Waals surface area (Å²) in [5, 5.41) is 3.99. The molecular formula is C28H37Cl3N4O2. The van der Waals surface area contributed by atoms with Crippen LogP contribution in [0, 0.1) is 11.3 Å². The first-order chi connectivity index (χ1) is 17.0. The molecule has 6 nitrogen and oxygen atoms in total. The van der Waals surface area contributed by atoms with Crippen molar-refractivity contribution in [3.05, 3.63) is 64.9 Å². The minimum absolute atomic E-state index is 0. The van der Waals surface area contributed by atoms with Crippen LogP contribution in [0.2, 0.25) is 5.02 Å². The number of hydrogen-bond donors (Lipinski definition) is 1. The smallest absolute Gasteiger partial charge is 0.229 e. The van der Waals surface area contributed by atoms with Gasteiger partial charge in [-0.2, -0.15) is 0 Å². The maximum Gasteiger partial charge on any atom is 0.229 e. The molecule has 1 spiro atoms. The highest BCUT2D eigenvalue weighted by molar-refractivity contribution is 6.30. The number of carbonyl (C=O) groups excluding carboxylic acids is 2. The number of amides is 2. The van der Waals surface area contributed by atoms with Crippen LogP contribution in [-0.4, -0.2) is 52.8 Å². The summed E-state index contributed by atoms with van der Waals surface area (Å²) in [5.74, 6) is 0.643. The second kappa shape index (κ2) is 13.3. The Kier molecular flexibility index (Phi) is 10.7. The summed E-state index contributed by atoms with van der Waals surface area (Å²) in [7, 11) is 0. The molecule has 37 heavy (non-hydrogen) atoms. The highest BCUT2D eigenvalue weighted by Crippen LogP contribution is 2.42. The third-order valence-electron chi connectivity index (χ3n) is 8.29. The quantitative estimate of drug-likeness (QED) is 0.461. The molecule has 1 saturated carbocycles. The Hall–Kier alpha value is -1.86. The van der Waals surface area contributed by atoms with Gasteiger partial charge in [0.2, 0.25) is 11.8 Å². The number of nitrogens with one attached hydrogen (secondary N) is 1. The lowest BCUT2D eigenvalue weighted by atomic mass is 9.77. The molecule has 1 unspecified atom stereocenters. The van der Waals surface area contributed by atoms with Crippen LogP contribution in [0.3, 0.4) is 0 Å². The number of halogens is 3. The first-order valence-electron chi connectivity index (χ1n) is 13.0. The zero-order chi connectivity index (χ0) is 24.3. The predicted octanol–water partition coefficient (Wildman–Crippen LogP) is 5.44. The molecule has 2 amide bonds. The van der Waals surface area contributed by atoms with Crippen molar-refractivity contribution < 1.29 is 9.59 Å². The molecule has 2 aliphatic heterocycles. The lowest BCUT2D eigenvalue weighted by Crippen LogP contribution is -2.45. The fraction of sp³-hybridized carbons (Fsp3) is 0.536. The van der Waals surface area contributed by atoms with Crippen LogP contribution >= 0.6 is 36.4 Å². The number of nitrogens with zero attached hydrogens (tertiary/aromatic N) is 3. The Balaban J connectivity index is 0.00000190. The average Bonchev–Trinajstić information content (AvgIpc) is 3.12. The fourth-order valence-electron chi connectivity index (χ4n) is 5.74. The van der Waals surface area contributed by atoms with Crippen molar-refractivity contribution in [2.24, 2.45) is 11.3 Å². The van der Waals surface area contributed by atoms with E-state index in [4.69, 9.17) is 11.6 Å². The molecule has 2 aromatic rings. The lowest BCUT2D eigenvalue weighted by Gasteiger charge is -2.38. The summed E-state index contributed by atoms with van der Waals surface area (Å²) in [6.45, 7) is 4.22. The van der Waals surface area contributed by atoms with Crippen LogP contribution in [0.4, 0.5) is 0 Å². The highest BCUT2D eigenvalue weighted by Gasteiger charge is 2.47. The van der Waals surface area contributed by atoms with Gasteiger partial charge in [-0.3, -0.25) is 14.6 Å². The normalized spacial score (nSPS) is 20.0.